The zero-order valence-corrected chi connectivity index (χ0v) is 22.1. The van der Waals surface area contributed by atoms with E-state index in [0.29, 0.717) is 18.4 Å². The van der Waals surface area contributed by atoms with Gasteiger partial charge in [-0.1, -0.05) is 19.9 Å². The maximum atomic E-state index is 13.4. The highest BCUT2D eigenvalue weighted by molar-refractivity contribution is 9.10. The van der Waals surface area contributed by atoms with Crippen molar-refractivity contribution in [2.24, 2.45) is 4.99 Å². The molecule has 1 aliphatic rings. The Morgan fingerprint density at radius 2 is 2.09 bits per heavy atom. The van der Waals surface area contributed by atoms with Gasteiger partial charge in [-0.3, -0.25) is 9.79 Å². The monoisotopic (exact) mass is 536 g/mol. The van der Waals surface area contributed by atoms with Crippen LogP contribution in [0, 0.1) is 5.82 Å². The molecule has 1 saturated heterocycles. The standard InChI is InChI=1S/C22H24BrFN2O2.C4H10O2/c1-4-5-11-25-14(2)17-10-12-26(15(17)3)21-9-8-20(28-21)22(27)16-6-7-19(24)18(23)13-16;1-4(2,5)6-3/h6-7,10-13,20-21H,3-5,8-9H2,1-2H3;5H,1-3H3/b17-14-,25-11?;. The summed E-state index contributed by atoms with van der Waals surface area (Å²) in [6.07, 6.45) is 6.41. The van der Waals surface area contributed by atoms with Gasteiger partial charge in [-0.05, 0) is 80.2 Å². The largest absolute Gasteiger partial charge is 0.366 e. The van der Waals surface area contributed by atoms with Crippen LogP contribution in [-0.2, 0) is 9.47 Å². The number of rotatable bonds is 7. The van der Waals surface area contributed by atoms with E-state index in [1.165, 1.54) is 25.3 Å². The Hall–Kier alpha value is -2.13. The SMILES string of the molecule is C=c1/c(=C(/C)N=CCCC)ccn1C1CCC(C(=O)c2ccc(F)c(Br)c2)O1.COC(C)(C)O. The number of halogens is 2. The lowest BCUT2D eigenvalue weighted by molar-refractivity contribution is -0.155. The number of carbonyl (C=O) groups excluding carboxylic acids is 1. The van der Waals surface area contributed by atoms with Gasteiger partial charge >= 0.3 is 0 Å². The molecule has 0 radical (unpaired) electrons. The van der Waals surface area contributed by atoms with Gasteiger partial charge in [0.25, 0.3) is 0 Å². The first-order chi connectivity index (χ1) is 16.0. The lowest BCUT2D eigenvalue weighted by atomic mass is 10.0. The first-order valence-electron chi connectivity index (χ1n) is 11.3. The first-order valence-corrected chi connectivity index (χ1v) is 12.1. The lowest BCUT2D eigenvalue weighted by Gasteiger charge is -2.15. The number of unbranched alkanes of at least 4 members (excludes halogenated alkanes) is 1. The van der Waals surface area contributed by atoms with Crippen molar-refractivity contribution in [1.82, 2.24) is 4.57 Å². The Kier molecular flexibility index (Phi) is 10.4. The molecule has 2 aromatic rings. The fraction of sp³-hybridized carbons (Fsp3) is 0.462. The maximum absolute atomic E-state index is 13.4. The third-order valence-electron chi connectivity index (χ3n) is 5.42. The number of benzene rings is 1. The van der Waals surface area contributed by atoms with Gasteiger partial charge in [-0.15, -0.1) is 0 Å². The highest BCUT2D eigenvalue weighted by Gasteiger charge is 2.32. The number of carbonyl (C=O) groups is 1. The number of aliphatic hydroxyl groups is 1. The van der Waals surface area contributed by atoms with Gasteiger partial charge in [0, 0.05) is 41.3 Å². The average molecular weight is 537 g/mol. The van der Waals surface area contributed by atoms with Crippen LogP contribution in [0.2, 0.25) is 0 Å². The molecule has 1 aromatic heterocycles. The molecule has 1 aromatic carbocycles. The number of Topliss-reactive ketones (excluding diaryl/α,β-unsaturated/α-hetero) is 1. The normalized spacial score (nSPS) is 19.2. The number of aromatic nitrogens is 1. The second kappa shape index (κ2) is 12.5. The van der Waals surface area contributed by atoms with Crippen molar-refractivity contribution in [2.45, 2.75) is 71.5 Å². The van der Waals surface area contributed by atoms with Crippen LogP contribution < -0.4 is 10.6 Å². The van der Waals surface area contributed by atoms with Gasteiger partial charge in [0.1, 0.15) is 18.1 Å². The minimum Gasteiger partial charge on any atom is -0.366 e. The molecule has 6 nitrogen and oxygen atoms in total. The van der Waals surface area contributed by atoms with Crippen LogP contribution in [0.4, 0.5) is 4.39 Å². The number of hydrogen-bond acceptors (Lipinski definition) is 5. The van der Waals surface area contributed by atoms with Crippen molar-refractivity contribution in [3.8, 4) is 0 Å². The fourth-order valence-electron chi connectivity index (χ4n) is 3.33. The van der Waals surface area contributed by atoms with E-state index in [1.54, 1.807) is 13.8 Å². The highest BCUT2D eigenvalue weighted by atomic mass is 79.9. The van der Waals surface area contributed by atoms with Crippen molar-refractivity contribution in [1.29, 1.82) is 0 Å². The summed E-state index contributed by atoms with van der Waals surface area (Å²) in [7, 11) is 1.46. The molecule has 0 spiro atoms. The van der Waals surface area contributed by atoms with Gasteiger partial charge in [-0.2, -0.15) is 0 Å². The highest BCUT2D eigenvalue weighted by Crippen LogP contribution is 2.30. The van der Waals surface area contributed by atoms with Gasteiger partial charge in [0.15, 0.2) is 11.6 Å². The fourth-order valence-corrected chi connectivity index (χ4v) is 3.71. The Morgan fingerprint density at radius 1 is 1.41 bits per heavy atom. The van der Waals surface area contributed by atoms with E-state index in [-0.39, 0.29) is 16.5 Å². The van der Waals surface area contributed by atoms with Gasteiger partial charge in [0.2, 0.25) is 0 Å². The quantitative estimate of drug-likeness (QED) is 0.315. The number of aliphatic imine (C=N–C) groups is 1. The van der Waals surface area contributed by atoms with Crippen LogP contribution in [0.25, 0.3) is 12.3 Å². The molecule has 1 fully saturated rings. The number of methoxy groups -OCH3 is 1. The minimum absolute atomic E-state index is 0.131. The smallest absolute Gasteiger partial charge is 0.191 e. The number of ether oxygens (including phenoxy) is 2. The van der Waals surface area contributed by atoms with Gasteiger partial charge < -0.3 is 19.1 Å². The number of ketones is 1. The van der Waals surface area contributed by atoms with E-state index in [9.17, 15) is 9.18 Å². The summed E-state index contributed by atoms with van der Waals surface area (Å²) in [5, 5.41) is 10.4. The Bertz CT molecular complexity index is 1120. The molecule has 8 heteroatoms. The van der Waals surface area contributed by atoms with E-state index >= 15 is 0 Å². The predicted molar refractivity (Wildman–Crippen MR) is 137 cm³/mol. The van der Waals surface area contributed by atoms with E-state index in [0.717, 1.165) is 29.1 Å². The topological polar surface area (TPSA) is 73.1 Å². The second-order valence-corrected chi connectivity index (χ2v) is 9.42. The predicted octanol–water partition coefficient (Wildman–Crippen LogP) is 4.72. The molecule has 34 heavy (non-hydrogen) atoms. The molecule has 0 saturated carbocycles. The molecule has 186 valence electrons. The van der Waals surface area contributed by atoms with Crippen LogP contribution in [-0.4, -0.2) is 40.7 Å². The number of hydrogen-bond donors (Lipinski definition) is 1. The molecule has 0 aliphatic carbocycles. The van der Waals surface area contributed by atoms with Gasteiger partial charge in [-0.25, -0.2) is 4.39 Å². The molecule has 1 aliphatic heterocycles. The molecular formula is C26H34BrFN2O4. The Labute approximate surface area is 208 Å². The summed E-state index contributed by atoms with van der Waals surface area (Å²) < 4.78 is 26.2. The average Bonchev–Trinajstić information content (AvgIpc) is 3.42. The summed E-state index contributed by atoms with van der Waals surface area (Å²) in [5.41, 5.74) is 1.36. The minimum atomic E-state index is -0.958. The zero-order chi connectivity index (χ0) is 25.5. The van der Waals surface area contributed by atoms with Crippen molar-refractivity contribution >= 4 is 40.2 Å². The van der Waals surface area contributed by atoms with Crippen LogP contribution in [0.3, 0.4) is 0 Å². The third kappa shape index (κ3) is 7.70. The lowest BCUT2D eigenvalue weighted by Crippen LogP contribution is -2.31. The molecular weight excluding hydrogens is 503 g/mol. The van der Waals surface area contributed by atoms with E-state index < -0.39 is 17.7 Å². The molecule has 0 bridgehead atoms. The van der Waals surface area contributed by atoms with E-state index in [2.05, 4.69) is 39.2 Å². The Morgan fingerprint density at radius 3 is 2.68 bits per heavy atom. The summed E-state index contributed by atoms with van der Waals surface area (Å²) in [6.45, 7) is 11.4. The molecule has 2 unspecified atom stereocenters. The number of nitrogens with zero attached hydrogens (tertiary/aromatic N) is 2. The van der Waals surface area contributed by atoms with Crippen LogP contribution in [0.1, 0.15) is 70.0 Å². The first kappa shape index (κ1) is 28.1. The van der Waals surface area contributed by atoms with Crippen LogP contribution in [0.5, 0.6) is 0 Å². The van der Waals surface area contributed by atoms with Crippen molar-refractivity contribution < 1.29 is 23.8 Å². The van der Waals surface area contributed by atoms with Crippen molar-refractivity contribution in [3.63, 3.8) is 0 Å². The maximum Gasteiger partial charge on any atom is 0.191 e. The molecule has 0 amide bonds. The van der Waals surface area contributed by atoms with E-state index in [1.807, 2.05) is 30.0 Å². The summed E-state index contributed by atoms with van der Waals surface area (Å²) in [4.78, 5) is 17.2. The second-order valence-electron chi connectivity index (χ2n) is 8.57. The molecule has 2 heterocycles. The van der Waals surface area contributed by atoms with Crippen molar-refractivity contribution in [3.05, 3.63) is 56.9 Å². The molecule has 1 N–H and O–H groups in total. The van der Waals surface area contributed by atoms with E-state index in [4.69, 9.17) is 9.84 Å². The van der Waals surface area contributed by atoms with Gasteiger partial charge in [0.05, 0.1) is 4.47 Å². The summed E-state index contributed by atoms with van der Waals surface area (Å²) in [6, 6.07) is 6.26. The Balaban J connectivity index is 0.000000604. The third-order valence-corrected chi connectivity index (χ3v) is 6.03. The molecule has 2 atom stereocenters. The van der Waals surface area contributed by atoms with Crippen LogP contribution >= 0.6 is 15.9 Å². The summed E-state index contributed by atoms with van der Waals surface area (Å²) in [5.74, 6) is -1.48. The molecule has 3 rings (SSSR count). The summed E-state index contributed by atoms with van der Waals surface area (Å²) >= 11 is 3.13. The zero-order valence-electron chi connectivity index (χ0n) is 20.5. The van der Waals surface area contributed by atoms with Crippen LogP contribution in [0.15, 0.2) is 39.9 Å². The van der Waals surface area contributed by atoms with Crippen molar-refractivity contribution in [2.75, 3.05) is 7.11 Å².